The number of alkyl halides is 2. The summed E-state index contributed by atoms with van der Waals surface area (Å²) in [5.41, 5.74) is 2.21. The molecule has 0 unspecified atom stereocenters. The quantitative estimate of drug-likeness (QED) is 0.387. The van der Waals surface area contributed by atoms with Gasteiger partial charge in [0.25, 0.3) is 5.89 Å². The van der Waals surface area contributed by atoms with Crippen molar-refractivity contribution in [2.45, 2.75) is 19.0 Å². The van der Waals surface area contributed by atoms with Crippen molar-refractivity contribution in [2.24, 2.45) is 0 Å². The van der Waals surface area contributed by atoms with Gasteiger partial charge in [0.15, 0.2) is 0 Å². The molecule has 37 heavy (non-hydrogen) atoms. The summed E-state index contributed by atoms with van der Waals surface area (Å²) in [6, 6.07) is 6.29. The highest BCUT2D eigenvalue weighted by Crippen LogP contribution is 2.30. The van der Waals surface area contributed by atoms with E-state index in [0.717, 1.165) is 13.1 Å². The standard InChI is InChI=1S/C24H24F3N7O3/c1-31-4-6-32(7-5-31)18-9-20-19(8-17(18)25)33(24(35)34(20)16-12-36-13-16)11-15-3-2-14(10-28-15)22-29-30-23(37-22)21(26)27/h2-3,8-10,16,21H,4-7,11-13H2,1H3. The first-order valence-corrected chi connectivity index (χ1v) is 11.9. The van der Waals surface area contributed by atoms with E-state index in [1.807, 2.05) is 11.9 Å². The summed E-state index contributed by atoms with van der Waals surface area (Å²) < 4.78 is 54.3. The minimum absolute atomic E-state index is 0.0772. The van der Waals surface area contributed by atoms with Crippen molar-refractivity contribution in [3.05, 3.63) is 58.3 Å². The van der Waals surface area contributed by atoms with Crippen molar-refractivity contribution in [1.29, 1.82) is 0 Å². The van der Waals surface area contributed by atoms with E-state index in [1.54, 1.807) is 22.8 Å². The maximum atomic E-state index is 15.4. The fraction of sp³-hybridized carbons (Fsp3) is 0.417. The predicted molar refractivity (Wildman–Crippen MR) is 127 cm³/mol. The summed E-state index contributed by atoms with van der Waals surface area (Å²) in [4.78, 5) is 22.1. The molecule has 0 amide bonds. The molecule has 2 aliphatic heterocycles. The molecule has 4 aromatic rings. The largest absolute Gasteiger partial charge is 0.415 e. The lowest BCUT2D eigenvalue weighted by Crippen LogP contribution is -2.44. The molecule has 0 aliphatic carbocycles. The smallest absolute Gasteiger partial charge is 0.329 e. The van der Waals surface area contributed by atoms with E-state index < -0.39 is 12.3 Å². The molecule has 194 valence electrons. The van der Waals surface area contributed by atoms with E-state index in [9.17, 15) is 13.6 Å². The summed E-state index contributed by atoms with van der Waals surface area (Å²) in [6.45, 7) is 3.98. The van der Waals surface area contributed by atoms with E-state index in [-0.39, 0.29) is 30.0 Å². The van der Waals surface area contributed by atoms with Gasteiger partial charge in [0.05, 0.1) is 53.8 Å². The average molecular weight is 515 g/mol. The molecule has 1 aromatic carbocycles. The van der Waals surface area contributed by atoms with Crippen LogP contribution in [-0.2, 0) is 11.3 Å². The first-order chi connectivity index (χ1) is 17.9. The number of likely N-dealkylation sites (N-methyl/N-ethyl adjacent to an activating group) is 1. The summed E-state index contributed by atoms with van der Waals surface area (Å²) in [5, 5.41) is 6.94. The molecular weight excluding hydrogens is 491 g/mol. The molecule has 0 saturated carbocycles. The zero-order chi connectivity index (χ0) is 25.7. The number of benzene rings is 1. The molecule has 0 bridgehead atoms. The Labute approximate surface area is 208 Å². The van der Waals surface area contributed by atoms with Crippen molar-refractivity contribution in [2.75, 3.05) is 51.3 Å². The Morgan fingerprint density at radius 3 is 2.49 bits per heavy atom. The summed E-state index contributed by atoms with van der Waals surface area (Å²) in [6.07, 6.45) is -1.45. The fourth-order valence-corrected chi connectivity index (χ4v) is 4.70. The van der Waals surface area contributed by atoms with Gasteiger partial charge in [0.2, 0.25) is 5.89 Å². The van der Waals surface area contributed by atoms with Crippen LogP contribution in [0.3, 0.4) is 0 Å². The van der Waals surface area contributed by atoms with Crippen LogP contribution in [0.2, 0.25) is 0 Å². The molecule has 5 heterocycles. The molecule has 0 spiro atoms. The molecule has 3 aromatic heterocycles. The highest BCUT2D eigenvalue weighted by atomic mass is 19.3. The highest BCUT2D eigenvalue weighted by molar-refractivity contribution is 5.81. The minimum Gasteiger partial charge on any atom is -0.415 e. The molecule has 13 heteroatoms. The topological polar surface area (TPSA) is 94.5 Å². The van der Waals surface area contributed by atoms with Crippen molar-refractivity contribution < 1.29 is 22.3 Å². The van der Waals surface area contributed by atoms with Crippen LogP contribution in [0.15, 0.2) is 39.7 Å². The van der Waals surface area contributed by atoms with Gasteiger partial charge >= 0.3 is 12.1 Å². The Bertz CT molecular complexity index is 1490. The Balaban J connectivity index is 1.35. The van der Waals surface area contributed by atoms with Crippen LogP contribution >= 0.6 is 0 Å². The van der Waals surface area contributed by atoms with Crippen molar-refractivity contribution in [3.63, 3.8) is 0 Å². The Morgan fingerprint density at radius 2 is 1.86 bits per heavy atom. The van der Waals surface area contributed by atoms with E-state index in [0.29, 0.717) is 54.3 Å². The van der Waals surface area contributed by atoms with Crippen LogP contribution in [-0.4, -0.2) is 75.7 Å². The lowest BCUT2D eigenvalue weighted by Gasteiger charge is -2.34. The second-order valence-corrected chi connectivity index (χ2v) is 9.30. The number of rotatable bonds is 6. The van der Waals surface area contributed by atoms with Gasteiger partial charge in [0.1, 0.15) is 5.82 Å². The monoisotopic (exact) mass is 515 g/mol. The number of nitrogens with zero attached hydrogens (tertiary/aromatic N) is 7. The Kier molecular flexibility index (Phi) is 5.95. The fourth-order valence-electron chi connectivity index (χ4n) is 4.70. The molecule has 6 rings (SSSR count). The number of aromatic nitrogens is 5. The third kappa shape index (κ3) is 4.27. The zero-order valence-corrected chi connectivity index (χ0v) is 20.0. The van der Waals surface area contributed by atoms with E-state index in [4.69, 9.17) is 9.15 Å². The van der Waals surface area contributed by atoms with Crippen LogP contribution in [0.1, 0.15) is 24.1 Å². The number of ether oxygens (including phenoxy) is 1. The van der Waals surface area contributed by atoms with Crippen molar-refractivity contribution >= 4 is 16.7 Å². The van der Waals surface area contributed by atoms with Crippen LogP contribution in [0.5, 0.6) is 0 Å². The van der Waals surface area contributed by atoms with Gasteiger partial charge in [-0.05, 0) is 25.2 Å². The number of imidazole rings is 1. The van der Waals surface area contributed by atoms with Gasteiger partial charge in [-0.3, -0.25) is 14.1 Å². The molecule has 0 atom stereocenters. The molecule has 0 radical (unpaired) electrons. The van der Waals surface area contributed by atoms with Crippen LogP contribution in [0.4, 0.5) is 18.9 Å². The number of fused-ring (bicyclic) bond motifs is 1. The number of pyridine rings is 1. The molecule has 0 N–H and O–H groups in total. The lowest BCUT2D eigenvalue weighted by molar-refractivity contribution is -0.0231. The SMILES string of the molecule is CN1CCN(c2cc3c(cc2F)n(Cc2ccc(-c4nnc(C(F)F)o4)cn2)c(=O)n3C2COC2)CC1. The van der Waals surface area contributed by atoms with Gasteiger partial charge in [-0.2, -0.15) is 8.78 Å². The maximum absolute atomic E-state index is 15.4. The summed E-state index contributed by atoms with van der Waals surface area (Å²) in [5.74, 6) is -1.23. The number of hydrogen-bond donors (Lipinski definition) is 0. The van der Waals surface area contributed by atoms with Gasteiger partial charge in [-0.25, -0.2) is 9.18 Å². The number of anilines is 1. The second-order valence-electron chi connectivity index (χ2n) is 9.30. The number of hydrogen-bond acceptors (Lipinski definition) is 8. The first kappa shape index (κ1) is 23.7. The molecular formula is C24H24F3N7O3. The third-order valence-corrected chi connectivity index (χ3v) is 6.88. The average Bonchev–Trinajstić information content (AvgIpc) is 3.44. The van der Waals surface area contributed by atoms with Crippen molar-refractivity contribution in [1.82, 2.24) is 29.2 Å². The third-order valence-electron chi connectivity index (χ3n) is 6.88. The Morgan fingerprint density at radius 1 is 1.08 bits per heavy atom. The lowest BCUT2D eigenvalue weighted by atomic mass is 10.2. The number of halogens is 3. The molecule has 2 saturated heterocycles. The van der Waals surface area contributed by atoms with Gasteiger partial charge in [-0.15, -0.1) is 10.2 Å². The summed E-state index contributed by atoms with van der Waals surface area (Å²) in [7, 11) is 2.04. The molecule has 2 fully saturated rings. The van der Waals surface area contributed by atoms with E-state index >= 15 is 4.39 Å². The molecule has 2 aliphatic rings. The number of piperazine rings is 1. The van der Waals surface area contributed by atoms with Crippen LogP contribution in [0, 0.1) is 5.82 Å². The second kappa shape index (κ2) is 9.30. The predicted octanol–water partition coefficient (Wildman–Crippen LogP) is 2.70. The van der Waals surface area contributed by atoms with Gasteiger partial charge in [0, 0.05) is 38.4 Å². The van der Waals surface area contributed by atoms with Crippen molar-refractivity contribution in [3.8, 4) is 11.5 Å². The molecule has 10 nitrogen and oxygen atoms in total. The highest BCUT2D eigenvalue weighted by Gasteiger charge is 2.28. The normalized spacial score (nSPS) is 17.2. The van der Waals surface area contributed by atoms with Crippen LogP contribution in [0.25, 0.3) is 22.5 Å². The van der Waals surface area contributed by atoms with Gasteiger partial charge < -0.3 is 19.0 Å². The van der Waals surface area contributed by atoms with E-state index in [2.05, 4.69) is 20.1 Å². The van der Waals surface area contributed by atoms with Gasteiger partial charge in [-0.1, -0.05) is 0 Å². The Hall–Kier alpha value is -3.71. The maximum Gasteiger partial charge on any atom is 0.329 e. The first-order valence-electron chi connectivity index (χ1n) is 11.9. The van der Waals surface area contributed by atoms with E-state index in [1.165, 1.54) is 16.8 Å². The zero-order valence-electron chi connectivity index (χ0n) is 20.0. The summed E-state index contributed by atoms with van der Waals surface area (Å²) >= 11 is 0. The van der Waals surface area contributed by atoms with Crippen LogP contribution < -0.4 is 10.6 Å². The minimum atomic E-state index is -2.86.